The third-order valence-electron chi connectivity index (χ3n) is 1.63. The summed E-state index contributed by atoms with van der Waals surface area (Å²) < 4.78 is 4.99. The van der Waals surface area contributed by atoms with Crippen LogP contribution in [-0.2, 0) is 4.74 Å². The van der Waals surface area contributed by atoms with Gasteiger partial charge in [-0.25, -0.2) is 4.79 Å². The molecular formula is C10H11BrO2. The standard InChI is InChI=1S/C10H11BrO2/c1-7-5-3-4-6-9(7)10(12)13-8(2)11/h3-6,8H,1-2H3. The molecule has 0 aliphatic heterocycles. The van der Waals surface area contributed by atoms with Crippen LogP contribution >= 0.6 is 15.9 Å². The maximum absolute atomic E-state index is 11.4. The van der Waals surface area contributed by atoms with E-state index in [9.17, 15) is 4.79 Å². The van der Waals surface area contributed by atoms with Crippen LogP contribution in [0.3, 0.4) is 0 Å². The second-order valence-electron chi connectivity index (χ2n) is 2.76. The van der Waals surface area contributed by atoms with E-state index in [-0.39, 0.29) is 11.0 Å². The van der Waals surface area contributed by atoms with Crippen molar-refractivity contribution < 1.29 is 9.53 Å². The highest BCUT2D eigenvalue weighted by molar-refractivity contribution is 9.09. The summed E-state index contributed by atoms with van der Waals surface area (Å²) >= 11 is 3.15. The molecule has 13 heavy (non-hydrogen) atoms. The first-order valence-corrected chi connectivity index (χ1v) is 4.93. The van der Waals surface area contributed by atoms with Crippen molar-refractivity contribution in [2.24, 2.45) is 0 Å². The summed E-state index contributed by atoms with van der Waals surface area (Å²) in [5, 5.41) is -0.250. The molecule has 0 radical (unpaired) electrons. The summed E-state index contributed by atoms with van der Waals surface area (Å²) in [6.45, 7) is 3.64. The zero-order valence-corrected chi connectivity index (χ0v) is 9.17. The Kier molecular flexibility index (Phi) is 3.48. The summed E-state index contributed by atoms with van der Waals surface area (Å²) in [5.41, 5.74) is 1.55. The van der Waals surface area contributed by atoms with Gasteiger partial charge < -0.3 is 4.74 Å². The van der Waals surface area contributed by atoms with Gasteiger partial charge in [0.2, 0.25) is 0 Å². The van der Waals surface area contributed by atoms with Crippen molar-refractivity contribution in [2.75, 3.05) is 0 Å². The van der Waals surface area contributed by atoms with Crippen molar-refractivity contribution in [3.63, 3.8) is 0 Å². The van der Waals surface area contributed by atoms with Gasteiger partial charge in [0, 0.05) is 0 Å². The lowest BCUT2D eigenvalue weighted by Crippen LogP contribution is -2.10. The van der Waals surface area contributed by atoms with Gasteiger partial charge in [0.25, 0.3) is 0 Å². The fourth-order valence-corrected chi connectivity index (χ4v) is 1.18. The Hall–Kier alpha value is -0.830. The Balaban J connectivity index is 2.83. The number of carbonyl (C=O) groups excluding carboxylic acids is 1. The molecule has 2 nitrogen and oxygen atoms in total. The van der Waals surface area contributed by atoms with Gasteiger partial charge >= 0.3 is 5.97 Å². The van der Waals surface area contributed by atoms with E-state index in [2.05, 4.69) is 15.9 Å². The summed E-state index contributed by atoms with van der Waals surface area (Å²) in [6.07, 6.45) is 0. The number of esters is 1. The van der Waals surface area contributed by atoms with E-state index >= 15 is 0 Å². The number of hydrogen-bond donors (Lipinski definition) is 0. The highest BCUT2D eigenvalue weighted by Crippen LogP contribution is 2.11. The molecule has 0 amide bonds. The van der Waals surface area contributed by atoms with Crippen molar-refractivity contribution in [1.82, 2.24) is 0 Å². The van der Waals surface area contributed by atoms with Crippen molar-refractivity contribution >= 4 is 21.9 Å². The molecule has 1 unspecified atom stereocenters. The predicted octanol–water partition coefficient (Wildman–Crippen LogP) is 2.89. The van der Waals surface area contributed by atoms with Crippen molar-refractivity contribution in [3.8, 4) is 0 Å². The van der Waals surface area contributed by atoms with Gasteiger partial charge in [0.1, 0.15) is 0 Å². The number of alkyl halides is 1. The minimum Gasteiger partial charge on any atom is -0.447 e. The summed E-state index contributed by atoms with van der Waals surface area (Å²) in [4.78, 5) is 11.4. The Bertz CT molecular complexity index is 308. The third kappa shape index (κ3) is 2.84. The van der Waals surface area contributed by atoms with Crippen molar-refractivity contribution in [1.29, 1.82) is 0 Å². The third-order valence-corrected chi connectivity index (χ3v) is 1.82. The number of aryl methyl sites for hydroxylation is 1. The lowest BCUT2D eigenvalue weighted by Gasteiger charge is -2.07. The minimum absolute atomic E-state index is 0.250. The number of hydrogen-bond acceptors (Lipinski definition) is 2. The zero-order valence-electron chi connectivity index (χ0n) is 7.58. The highest BCUT2D eigenvalue weighted by atomic mass is 79.9. The number of ether oxygens (including phenoxy) is 1. The quantitative estimate of drug-likeness (QED) is 0.589. The average Bonchev–Trinajstić information content (AvgIpc) is 2.03. The van der Waals surface area contributed by atoms with Crippen LogP contribution in [-0.4, -0.2) is 11.0 Å². The van der Waals surface area contributed by atoms with Gasteiger partial charge in [-0.15, -0.1) is 0 Å². The van der Waals surface area contributed by atoms with Crippen LogP contribution in [0.5, 0.6) is 0 Å². The lowest BCUT2D eigenvalue weighted by atomic mass is 10.1. The van der Waals surface area contributed by atoms with Crippen molar-refractivity contribution in [3.05, 3.63) is 35.4 Å². The first kappa shape index (κ1) is 10.3. The van der Waals surface area contributed by atoms with Crippen molar-refractivity contribution in [2.45, 2.75) is 18.9 Å². The molecule has 70 valence electrons. The maximum Gasteiger partial charge on any atom is 0.339 e. The fourth-order valence-electron chi connectivity index (χ4n) is 1.01. The molecule has 1 aromatic rings. The second-order valence-corrected chi connectivity index (χ2v) is 4.05. The van der Waals surface area contributed by atoms with Crippen LogP contribution in [0, 0.1) is 6.92 Å². The Morgan fingerprint density at radius 3 is 2.62 bits per heavy atom. The van der Waals surface area contributed by atoms with E-state index in [4.69, 9.17) is 4.74 Å². The fraction of sp³-hybridized carbons (Fsp3) is 0.300. The van der Waals surface area contributed by atoms with Crippen LogP contribution in [0.1, 0.15) is 22.8 Å². The van der Waals surface area contributed by atoms with Gasteiger partial charge in [-0.1, -0.05) is 18.2 Å². The summed E-state index contributed by atoms with van der Waals surface area (Å²) in [6, 6.07) is 7.36. The number of halogens is 1. The molecule has 1 atom stereocenters. The van der Waals surface area contributed by atoms with E-state index in [0.29, 0.717) is 5.56 Å². The largest absolute Gasteiger partial charge is 0.447 e. The Morgan fingerprint density at radius 1 is 1.46 bits per heavy atom. The molecule has 0 saturated heterocycles. The number of rotatable bonds is 2. The topological polar surface area (TPSA) is 26.3 Å². The minimum atomic E-state index is -0.289. The van der Waals surface area contributed by atoms with E-state index in [1.807, 2.05) is 25.1 Å². The van der Waals surface area contributed by atoms with Gasteiger partial charge in [-0.3, -0.25) is 0 Å². The van der Waals surface area contributed by atoms with Crippen LogP contribution in [0.4, 0.5) is 0 Å². The molecule has 0 fully saturated rings. The monoisotopic (exact) mass is 242 g/mol. The van der Waals surface area contributed by atoms with Crippen LogP contribution in [0.2, 0.25) is 0 Å². The molecule has 0 aliphatic rings. The highest BCUT2D eigenvalue weighted by Gasteiger charge is 2.11. The first-order chi connectivity index (χ1) is 6.11. The van der Waals surface area contributed by atoms with Gasteiger partial charge in [-0.2, -0.15) is 0 Å². The average molecular weight is 243 g/mol. The molecule has 0 heterocycles. The van der Waals surface area contributed by atoms with E-state index in [1.165, 1.54) is 0 Å². The molecular weight excluding hydrogens is 232 g/mol. The molecule has 0 spiro atoms. The van der Waals surface area contributed by atoms with Crippen LogP contribution in [0.25, 0.3) is 0 Å². The van der Waals surface area contributed by atoms with Crippen LogP contribution in [0.15, 0.2) is 24.3 Å². The number of carbonyl (C=O) groups is 1. The molecule has 0 bridgehead atoms. The van der Waals surface area contributed by atoms with Gasteiger partial charge in [-0.05, 0) is 41.4 Å². The van der Waals surface area contributed by atoms with E-state index in [0.717, 1.165) is 5.56 Å². The summed E-state index contributed by atoms with van der Waals surface area (Å²) in [5.74, 6) is -0.289. The molecule has 0 aromatic heterocycles. The van der Waals surface area contributed by atoms with Gasteiger partial charge in [0.05, 0.1) is 5.56 Å². The molecule has 0 aliphatic carbocycles. The lowest BCUT2D eigenvalue weighted by molar-refractivity contribution is 0.0490. The first-order valence-electron chi connectivity index (χ1n) is 4.02. The van der Waals surface area contributed by atoms with Crippen LogP contribution < -0.4 is 0 Å². The predicted molar refractivity (Wildman–Crippen MR) is 55.0 cm³/mol. The van der Waals surface area contributed by atoms with Gasteiger partial charge in [0.15, 0.2) is 5.01 Å². The molecule has 3 heteroatoms. The molecule has 1 aromatic carbocycles. The second kappa shape index (κ2) is 4.42. The number of benzene rings is 1. The molecule has 0 N–H and O–H groups in total. The SMILES string of the molecule is Cc1ccccc1C(=O)OC(C)Br. The molecule has 1 rings (SSSR count). The zero-order chi connectivity index (χ0) is 9.84. The Morgan fingerprint density at radius 2 is 2.08 bits per heavy atom. The van der Waals surface area contributed by atoms with E-state index < -0.39 is 0 Å². The Labute approximate surface area is 86.0 Å². The normalized spacial score (nSPS) is 12.2. The summed E-state index contributed by atoms with van der Waals surface area (Å²) in [7, 11) is 0. The molecule has 0 saturated carbocycles. The maximum atomic E-state index is 11.4. The van der Waals surface area contributed by atoms with E-state index in [1.54, 1.807) is 13.0 Å². The smallest absolute Gasteiger partial charge is 0.339 e.